The number of allylic oxidation sites excluding steroid dienone is 1. The lowest BCUT2D eigenvalue weighted by Crippen LogP contribution is -2.52. The molecule has 2 unspecified atom stereocenters. The highest BCUT2D eigenvalue weighted by molar-refractivity contribution is 7.90. The van der Waals surface area contributed by atoms with E-state index in [1.807, 2.05) is 36.4 Å². The molecule has 3 fully saturated rings. The van der Waals surface area contributed by atoms with Crippen LogP contribution in [0, 0.1) is 33.3 Å². The molecule has 2 atom stereocenters. The van der Waals surface area contributed by atoms with Crippen molar-refractivity contribution in [1.82, 2.24) is 34.7 Å². The van der Waals surface area contributed by atoms with E-state index in [0.717, 1.165) is 112 Å². The molecule has 6 aromatic rings. The number of likely N-dealkylation sites (tertiary alicyclic amines) is 1. The topological polar surface area (TPSA) is 233 Å². The van der Waals surface area contributed by atoms with Gasteiger partial charge in [-0.1, -0.05) is 67.1 Å². The molecule has 6 heterocycles. The summed E-state index contributed by atoms with van der Waals surface area (Å²) in [6.07, 6.45) is 11.1. The number of anilines is 2. The third kappa shape index (κ3) is 13.7. The molecule has 4 N–H and O–H groups in total. The first kappa shape index (κ1) is 58.7. The van der Waals surface area contributed by atoms with Gasteiger partial charge in [-0.25, -0.2) is 18.1 Å². The Hall–Kier alpha value is -8.09. The standard InChI is InChI=1S/C64H69ClN10O9S/c1-64(2)25-23-46(53(36-64)43-13-15-48(65)16-14-43)40-72-29-31-73(32-30-72)49-17-19-52(57(34-49)84-50-33-45-24-26-66-60(45)68-38-50)61(77)70-85(82,83)51-18-20-54(56(35-51)75(80)81)67-37-42-9-8-28-71(39-42)27-6-4-3-5-10-44-11-7-12-47-41-74(63(79)59(44)47)55-21-22-58(76)69-62(55)78/h7,11-20,24,26,33-35,38,42,55,67H,3-4,6,8-9,21-23,25,27-32,36-37,39-41H2,1-2H3,(H,66,68)(H,70,77)(H,69,76,78). The number of ether oxygens (including phenoxy) is 1. The Morgan fingerprint density at radius 2 is 1.76 bits per heavy atom. The van der Waals surface area contributed by atoms with Crippen LogP contribution in [0.4, 0.5) is 17.1 Å². The number of nitro benzene ring substituents is 1. The number of amides is 4. The summed E-state index contributed by atoms with van der Waals surface area (Å²) in [5.74, 6) is 5.04. The van der Waals surface area contributed by atoms with E-state index in [1.54, 1.807) is 30.5 Å². The van der Waals surface area contributed by atoms with Crippen molar-refractivity contribution >= 4 is 78.9 Å². The lowest BCUT2D eigenvalue weighted by atomic mass is 9.72. The number of hydrogen-bond donors (Lipinski definition) is 4. The minimum Gasteiger partial charge on any atom is -0.455 e. The summed E-state index contributed by atoms with van der Waals surface area (Å²) in [5, 5.41) is 19.6. The zero-order valence-electron chi connectivity index (χ0n) is 47.8. The quantitative estimate of drug-likeness (QED) is 0.0206. The molecule has 0 saturated carbocycles. The predicted octanol–water partition coefficient (Wildman–Crippen LogP) is 9.93. The first-order chi connectivity index (χ1) is 40.9. The normalized spacial score (nSPS) is 19.3. The van der Waals surface area contributed by atoms with Crippen LogP contribution in [0.3, 0.4) is 0 Å². The number of pyridine rings is 1. The average molecular weight is 1190 g/mol. The Kier molecular flexibility index (Phi) is 17.4. The zero-order valence-corrected chi connectivity index (χ0v) is 49.3. The summed E-state index contributed by atoms with van der Waals surface area (Å²) in [7, 11) is -4.64. The van der Waals surface area contributed by atoms with Crippen molar-refractivity contribution in [2.24, 2.45) is 11.3 Å². The van der Waals surface area contributed by atoms with Gasteiger partial charge in [-0.3, -0.25) is 39.5 Å². The van der Waals surface area contributed by atoms with Gasteiger partial charge >= 0.3 is 0 Å². The van der Waals surface area contributed by atoms with Gasteiger partial charge in [-0.05, 0) is 147 Å². The molecule has 0 bridgehead atoms. The Bertz CT molecular complexity index is 3790. The third-order valence-electron chi connectivity index (χ3n) is 17.0. The lowest BCUT2D eigenvalue weighted by molar-refractivity contribution is -0.384. The van der Waals surface area contributed by atoms with Crippen molar-refractivity contribution in [3.63, 3.8) is 0 Å². The molecule has 442 valence electrons. The van der Waals surface area contributed by atoms with Crippen LogP contribution in [0.2, 0.25) is 5.02 Å². The van der Waals surface area contributed by atoms with E-state index < -0.39 is 43.4 Å². The second-order valence-corrected chi connectivity index (χ2v) is 25.7. The van der Waals surface area contributed by atoms with Gasteiger partial charge in [0.1, 0.15) is 28.9 Å². The molecule has 21 heteroatoms. The van der Waals surface area contributed by atoms with E-state index >= 15 is 0 Å². The van der Waals surface area contributed by atoms with Crippen LogP contribution in [0.5, 0.6) is 11.5 Å². The Morgan fingerprint density at radius 1 is 0.941 bits per heavy atom. The number of carbonyl (C=O) groups excluding carboxylic acids is 4. The number of carbonyl (C=O) groups is 4. The van der Waals surface area contributed by atoms with Gasteiger partial charge < -0.3 is 29.7 Å². The molecule has 4 amide bonds. The van der Waals surface area contributed by atoms with Crippen molar-refractivity contribution in [1.29, 1.82) is 0 Å². The number of piperidine rings is 2. The van der Waals surface area contributed by atoms with Crippen molar-refractivity contribution < 1.29 is 37.3 Å². The molecule has 19 nitrogen and oxygen atoms in total. The highest BCUT2D eigenvalue weighted by atomic mass is 35.5. The minimum atomic E-state index is -4.64. The van der Waals surface area contributed by atoms with Gasteiger partial charge in [0.25, 0.3) is 27.5 Å². The molecule has 0 radical (unpaired) electrons. The van der Waals surface area contributed by atoms with Crippen LogP contribution in [0.25, 0.3) is 16.6 Å². The van der Waals surface area contributed by atoms with Crippen molar-refractivity contribution in [2.45, 2.75) is 95.5 Å². The maximum atomic E-state index is 14.2. The number of unbranched alkanes of at least 4 members (excludes halogenated alkanes) is 2. The number of rotatable bonds is 18. The number of hydrogen-bond acceptors (Lipinski definition) is 14. The molecular formula is C64H69ClN10O9S. The number of aromatic amines is 1. The number of imide groups is 1. The van der Waals surface area contributed by atoms with Gasteiger partial charge in [0.05, 0.1) is 27.1 Å². The first-order valence-corrected chi connectivity index (χ1v) is 31.1. The summed E-state index contributed by atoms with van der Waals surface area (Å²) < 4.78 is 36.5. The highest BCUT2D eigenvalue weighted by Crippen LogP contribution is 2.44. The number of halogens is 1. The highest BCUT2D eigenvalue weighted by Gasteiger charge is 2.40. The molecule has 4 aliphatic heterocycles. The minimum absolute atomic E-state index is 0.0580. The van der Waals surface area contributed by atoms with Crippen LogP contribution >= 0.6 is 11.6 Å². The Labute approximate surface area is 499 Å². The maximum absolute atomic E-state index is 14.2. The average Bonchev–Trinajstić information content (AvgIpc) is 2.51. The predicted molar refractivity (Wildman–Crippen MR) is 326 cm³/mol. The van der Waals surface area contributed by atoms with Crippen LogP contribution in [-0.4, -0.2) is 127 Å². The first-order valence-electron chi connectivity index (χ1n) is 29.2. The summed E-state index contributed by atoms with van der Waals surface area (Å²) in [4.78, 5) is 79.4. The number of piperazine rings is 1. The van der Waals surface area contributed by atoms with E-state index in [1.165, 1.54) is 39.9 Å². The number of nitro groups is 1. The maximum Gasteiger partial charge on any atom is 0.293 e. The number of benzene rings is 4. The number of H-pyrrole nitrogens is 1. The Morgan fingerprint density at radius 3 is 2.56 bits per heavy atom. The SMILES string of the molecule is CC1(C)CCC(CN2CCN(c3ccc(C(=O)NS(=O)(=O)c4ccc(NCC5CCCN(CCCCC#Cc6cccc7c6C(=O)N(C6CCC(=O)NC6=O)C7)C5)c([N+](=O)[O-])c4)c(Oc4cnc5[nH]ccc5c4)c3)CC2)=C(c2ccc(Cl)cc2)C1. The largest absolute Gasteiger partial charge is 0.455 e. The molecule has 11 rings (SSSR count). The molecule has 2 aromatic heterocycles. The monoisotopic (exact) mass is 1190 g/mol. The summed E-state index contributed by atoms with van der Waals surface area (Å²) in [6.45, 7) is 11.8. The molecule has 4 aromatic carbocycles. The number of sulfonamides is 1. The van der Waals surface area contributed by atoms with E-state index in [4.69, 9.17) is 16.3 Å². The van der Waals surface area contributed by atoms with Gasteiger partial charge in [0, 0.05) is 105 Å². The molecule has 3 saturated heterocycles. The van der Waals surface area contributed by atoms with E-state index in [9.17, 15) is 37.7 Å². The van der Waals surface area contributed by atoms with Crippen molar-refractivity contribution in [3.05, 3.63) is 152 Å². The van der Waals surface area contributed by atoms with Crippen molar-refractivity contribution in [2.75, 3.05) is 69.1 Å². The third-order valence-corrected chi connectivity index (χ3v) is 18.6. The van der Waals surface area contributed by atoms with Gasteiger partial charge in [0.15, 0.2) is 0 Å². The van der Waals surface area contributed by atoms with E-state index in [0.29, 0.717) is 61.5 Å². The lowest BCUT2D eigenvalue weighted by Gasteiger charge is -2.39. The van der Waals surface area contributed by atoms with Crippen LogP contribution in [0.1, 0.15) is 115 Å². The summed E-state index contributed by atoms with van der Waals surface area (Å²) in [6, 6.07) is 25.3. The van der Waals surface area contributed by atoms with Gasteiger partial charge in [-0.15, -0.1) is 0 Å². The fourth-order valence-electron chi connectivity index (χ4n) is 12.4. The van der Waals surface area contributed by atoms with Crippen LogP contribution < -0.4 is 25.0 Å². The fourth-order valence-corrected chi connectivity index (χ4v) is 13.5. The van der Waals surface area contributed by atoms with Crippen LogP contribution in [-0.2, 0) is 26.2 Å². The van der Waals surface area contributed by atoms with E-state index in [-0.39, 0.29) is 46.6 Å². The van der Waals surface area contributed by atoms with Crippen LogP contribution in [0.15, 0.2) is 114 Å². The van der Waals surface area contributed by atoms with E-state index in [2.05, 4.69) is 77.8 Å². The number of aromatic nitrogens is 2. The number of fused-ring (bicyclic) bond motifs is 2. The molecule has 5 aliphatic rings. The smallest absolute Gasteiger partial charge is 0.293 e. The molecule has 0 spiro atoms. The second kappa shape index (κ2) is 25.2. The summed E-state index contributed by atoms with van der Waals surface area (Å²) >= 11 is 6.27. The molecule has 85 heavy (non-hydrogen) atoms. The molecule has 1 aliphatic carbocycles. The molecular weight excluding hydrogens is 1120 g/mol. The second-order valence-electron chi connectivity index (χ2n) is 23.6. The Balaban J connectivity index is 0.698. The number of nitrogens with one attached hydrogen (secondary N) is 4. The van der Waals surface area contributed by atoms with Gasteiger partial charge in [-0.2, -0.15) is 0 Å². The van der Waals surface area contributed by atoms with Gasteiger partial charge in [0.2, 0.25) is 11.8 Å². The number of nitrogens with zero attached hydrogens (tertiary/aromatic N) is 6. The fraction of sp³-hybridized carbons (Fsp3) is 0.391. The summed E-state index contributed by atoms with van der Waals surface area (Å²) in [5.41, 5.74) is 7.34. The zero-order chi connectivity index (χ0) is 59.4. The van der Waals surface area contributed by atoms with Crippen molar-refractivity contribution in [3.8, 4) is 23.3 Å².